The maximum atomic E-state index is 14.4. The van der Waals surface area contributed by atoms with E-state index >= 15 is 0 Å². The zero-order chi connectivity index (χ0) is 16.7. The fourth-order valence-corrected chi connectivity index (χ4v) is 3.78. The fraction of sp³-hybridized carbons (Fsp3) is 0.190. The second-order valence-corrected chi connectivity index (χ2v) is 6.14. The lowest BCUT2D eigenvalue weighted by Crippen LogP contribution is -2.37. The maximum absolute atomic E-state index is 14.4. The summed E-state index contributed by atoms with van der Waals surface area (Å²) in [6.45, 7) is 2.59. The van der Waals surface area contributed by atoms with E-state index in [1.165, 1.54) is 6.07 Å². The number of hydrogen-bond donors (Lipinski definition) is 0. The fourth-order valence-electron chi connectivity index (χ4n) is 3.78. The molecular weight excluding hydrogens is 301 g/mol. The molecule has 3 aromatic rings. The number of amides is 1. The van der Waals surface area contributed by atoms with Gasteiger partial charge < -0.3 is 4.90 Å². The summed E-state index contributed by atoms with van der Waals surface area (Å²) in [5, 5.41) is 2.21. The van der Waals surface area contributed by atoms with Crippen LogP contribution in [0.1, 0.15) is 30.4 Å². The van der Waals surface area contributed by atoms with Crippen molar-refractivity contribution in [2.75, 3.05) is 11.4 Å². The molecule has 1 aliphatic rings. The van der Waals surface area contributed by atoms with Crippen molar-refractivity contribution in [3.63, 3.8) is 0 Å². The Morgan fingerprint density at radius 1 is 1.04 bits per heavy atom. The number of carbonyl (C=O) groups is 1. The molecule has 0 saturated carbocycles. The van der Waals surface area contributed by atoms with E-state index < -0.39 is 0 Å². The SMILES string of the molecule is CCN1C(=O)CC(c2ccccc2F)c2c1ccc1ccccc21. The third kappa shape index (κ3) is 2.20. The molecule has 1 amide bonds. The number of hydrogen-bond acceptors (Lipinski definition) is 1. The van der Waals surface area contributed by atoms with E-state index in [0.29, 0.717) is 18.5 Å². The smallest absolute Gasteiger partial charge is 0.227 e. The van der Waals surface area contributed by atoms with E-state index in [-0.39, 0.29) is 17.6 Å². The normalized spacial score (nSPS) is 17.2. The third-order valence-electron chi connectivity index (χ3n) is 4.86. The first kappa shape index (κ1) is 14.9. The van der Waals surface area contributed by atoms with E-state index in [1.54, 1.807) is 17.0 Å². The quantitative estimate of drug-likeness (QED) is 0.660. The first-order valence-electron chi connectivity index (χ1n) is 8.27. The molecule has 1 aliphatic heterocycles. The molecule has 1 unspecified atom stereocenters. The minimum atomic E-state index is -0.251. The van der Waals surface area contributed by atoms with Crippen LogP contribution in [0.5, 0.6) is 0 Å². The standard InChI is InChI=1S/C21H18FNO/c1-2-23-19-12-11-14-7-3-4-8-15(14)21(19)17(13-20(23)24)16-9-5-6-10-18(16)22/h3-12,17H,2,13H2,1H3. The van der Waals surface area contributed by atoms with Gasteiger partial charge in [-0.3, -0.25) is 4.79 Å². The van der Waals surface area contributed by atoms with E-state index in [2.05, 4.69) is 12.1 Å². The third-order valence-corrected chi connectivity index (χ3v) is 4.86. The highest BCUT2D eigenvalue weighted by molar-refractivity contribution is 6.03. The Balaban J connectivity index is 2.03. The summed E-state index contributed by atoms with van der Waals surface area (Å²) in [6.07, 6.45) is 0.301. The maximum Gasteiger partial charge on any atom is 0.227 e. The van der Waals surface area contributed by atoms with Crippen LogP contribution in [-0.4, -0.2) is 12.5 Å². The molecule has 0 saturated heterocycles. The Labute approximate surface area is 140 Å². The van der Waals surface area contributed by atoms with Crippen molar-refractivity contribution in [1.29, 1.82) is 0 Å². The summed E-state index contributed by atoms with van der Waals surface area (Å²) in [6, 6.07) is 18.9. The van der Waals surface area contributed by atoms with Crippen molar-refractivity contribution in [3.8, 4) is 0 Å². The monoisotopic (exact) mass is 319 g/mol. The number of fused-ring (bicyclic) bond motifs is 3. The summed E-state index contributed by atoms with van der Waals surface area (Å²) in [5.41, 5.74) is 2.56. The minimum absolute atomic E-state index is 0.0496. The number of halogens is 1. The summed E-state index contributed by atoms with van der Waals surface area (Å²) < 4.78 is 14.4. The summed E-state index contributed by atoms with van der Waals surface area (Å²) in [4.78, 5) is 14.4. The summed E-state index contributed by atoms with van der Waals surface area (Å²) >= 11 is 0. The van der Waals surface area contributed by atoms with Gasteiger partial charge in [-0.05, 0) is 41.0 Å². The average molecular weight is 319 g/mol. The lowest BCUT2D eigenvalue weighted by Gasteiger charge is -2.34. The lowest BCUT2D eigenvalue weighted by atomic mass is 9.81. The van der Waals surface area contributed by atoms with Gasteiger partial charge >= 0.3 is 0 Å². The molecule has 3 heteroatoms. The van der Waals surface area contributed by atoms with Crippen molar-refractivity contribution in [2.45, 2.75) is 19.3 Å². The topological polar surface area (TPSA) is 20.3 Å². The van der Waals surface area contributed by atoms with E-state index in [9.17, 15) is 9.18 Å². The van der Waals surface area contributed by atoms with Crippen LogP contribution in [0, 0.1) is 5.82 Å². The Morgan fingerprint density at radius 3 is 2.58 bits per heavy atom. The molecule has 24 heavy (non-hydrogen) atoms. The van der Waals surface area contributed by atoms with Gasteiger partial charge in [-0.25, -0.2) is 4.39 Å². The van der Waals surface area contributed by atoms with E-state index in [1.807, 2.05) is 37.3 Å². The van der Waals surface area contributed by atoms with Crippen molar-refractivity contribution >= 4 is 22.4 Å². The molecular formula is C21H18FNO. The van der Waals surface area contributed by atoms with Gasteiger partial charge in [-0.2, -0.15) is 0 Å². The number of anilines is 1. The number of nitrogens with zero attached hydrogens (tertiary/aromatic N) is 1. The van der Waals surface area contributed by atoms with Gasteiger partial charge in [0, 0.05) is 24.6 Å². The highest BCUT2D eigenvalue weighted by atomic mass is 19.1. The Kier molecular flexibility index (Phi) is 3.57. The second-order valence-electron chi connectivity index (χ2n) is 6.14. The molecule has 0 radical (unpaired) electrons. The molecule has 120 valence electrons. The molecule has 2 nitrogen and oxygen atoms in total. The summed E-state index contributed by atoms with van der Waals surface area (Å²) in [5.74, 6) is -0.449. The van der Waals surface area contributed by atoms with Gasteiger partial charge in [0.25, 0.3) is 0 Å². The zero-order valence-corrected chi connectivity index (χ0v) is 13.5. The Hall–Kier alpha value is -2.68. The van der Waals surface area contributed by atoms with Crippen molar-refractivity contribution in [2.24, 2.45) is 0 Å². The molecule has 0 bridgehead atoms. The first-order chi connectivity index (χ1) is 11.7. The molecule has 4 rings (SSSR count). The van der Waals surface area contributed by atoms with Gasteiger partial charge in [0.05, 0.1) is 0 Å². The summed E-state index contributed by atoms with van der Waals surface area (Å²) in [7, 11) is 0. The zero-order valence-electron chi connectivity index (χ0n) is 13.5. The average Bonchev–Trinajstić information content (AvgIpc) is 2.61. The molecule has 0 aliphatic carbocycles. The second kappa shape index (κ2) is 5.75. The van der Waals surface area contributed by atoms with Gasteiger partial charge in [0.2, 0.25) is 5.91 Å². The highest BCUT2D eigenvalue weighted by Gasteiger charge is 2.33. The molecule has 1 heterocycles. The number of carbonyl (C=O) groups excluding carboxylic acids is 1. The predicted octanol–water partition coefficient (Wildman–Crippen LogP) is 4.87. The van der Waals surface area contributed by atoms with Gasteiger partial charge in [0.1, 0.15) is 5.82 Å². The van der Waals surface area contributed by atoms with Crippen LogP contribution in [0.15, 0.2) is 60.7 Å². The van der Waals surface area contributed by atoms with Gasteiger partial charge in [0.15, 0.2) is 0 Å². The number of rotatable bonds is 2. The van der Waals surface area contributed by atoms with Crippen LogP contribution in [0.25, 0.3) is 10.8 Å². The van der Waals surface area contributed by atoms with Crippen LogP contribution in [0.2, 0.25) is 0 Å². The predicted molar refractivity (Wildman–Crippen MR) is 94.8 cm³/mol. The number of benzene rings is 3. The molecule has 0 spiro atoms. The van der Waals surface area contributed by atoms with Crippen LogP contribution >= 0.6 is 0 Å². The van der Waals surface area contributed by atoms with Crippen molar-refractivity contribution in [3.05, 3.63) is 77.6 Å². The Morgan fingerprint density at radius 2 is 1.79 bits per heavy atom. The lowest BCUT2D eigenvalue weighted by molar-refractivity contribution is -0.119. The van der Waals surface area contributed by atoms with Crippen LogP contribution < -0.4 is 4.90 Å². The van der Waals surface area contributed by atoms with Gasteiger partial charge in [-0.1, -0.05) is 48.5 Å². The van der Waals surface area contributed by atoms with Crippen molar-refractivity contribution in [1.82, 2.24) is 0 Å². The molecule has 1 atom stereocenters. The van der Waals surface area contributed by atoms with Gasteiger partial charge in [-0.15, -0.1) is 0 Å². The molecule has 3 aromatic carbocycles. The molecule has 0 N–H and O–H groups in total. The molecule has 0 fully saturated rings. The van der Waals surface area contributed by atoms with E-state index in [0.717, 1.165) is 22.0 Å². The Bertz CT molecular complexity index is 934. The molecule has 0 aromatic heterocycles. The van der Waals surface area contributed by atoms with Crippen LogP contribution in [0.4, 0.5) is 10.1 Å². The first-order valence-corrected chi connectivity index (χ1v) is 8.27. The minimum Gasteiger partial charge on any atom is -0.312 e. The van der Waals surface area contributed by atoms with Crippen LogP contribution in [0.3, 0.4) is 0 Å². The van der Waals surface area contributed by atoms with E-state index in [4.69, 9.17) is 0 Å². The van der Waals surface area contributed by atoms with Crippen molar-refractivity contribution < 1.29 is 9.18 Å². The largest absolute Gasteiger partial charge is 0.312 e. The van der Waals surface area contributed by atoms with Crippen LogP contribution in [-0.2, 0) is 4.79 Å². The highest BCUT2D eigenvalue weighted by Crippen LogP contribution is 2.44.